The first-order valence-electron chi connectivity index (χ1n) is 5.27. The third kappa shape index (κ3) is 3.21. The third-order valence-electron chi connectivity index (χ3n) is 2.39. The summed E-state index contributed by atoms with van der Waals surface area (Å²) in [5, 5.41) is 3.12. The number of nitrogens with one attached hydrogen (secondary N) is 1. The number of thioether (sulfide) groups is 1. The summed E-state index contributed by atoms with van der Waals surface area (Å²) in [6.45, 7) is 3.30. The van der Waals surface area contributed by atoms with Crippen LogP contribution in [0.4, 0.5) is 0 Å². The van der Waals surface area contributed by atoms with Crippen molar-refractivity contribution in [3.05, 3.63) is 0 Å². The topological polar surface area (TPSA) is 49.4 Å². The molecular weight excluding hydrogens is 212 g/mol. The smallest absolute Gasteiger partial charge is 0.246 e. The molecule has 2 amide bonds. The van der Waals surface area contributed by atoms with Gasteiger partial charge in [0.25, 0.3) is 0 Å². The van der Waals surface area contributed by atoms with Crippen molar-refractivity contribution in [3.8, 4) is 0 Å². The number of carbonyl (C=O) groups excluding carboxylic acids is 2. The summed E-state index contributed by atoms with van der Waals surface area (Å²) >= 11 is 1.73. The molecule has 0 aliphatic carbocycles. The quantitative estimate of drug-likeness (QED) is 0.532. The molecule has 86 valence electrons. The van der Waals surface area contributed by atoms with E-state index in [0.29, 0.717) is 13.0 Å². The number of likely N-dealkylation sites (tertiary alicyclic amines) is 1. The van der Waals surface area contributed by atoms with Crippen molar-refractivity contribution < 1.29 is 9.59 Å². The van der Waals surface area contributed by atoms with Gasteiger partial charge in [-0.2, -0.15) is 11.8 Å². The summed E-state index contributed by atoms with van der Waals surface area (Å²) in [5.41, 5.74) is 0. The molecule has 0 bridgehead atoms. The van der Waals surface area contributed by atoms with Crippen molar-refractivity contribution in [3.63, 3.8) is 0 Å². The van der Waals surface area contributed by atoms with E-state index >= 15 is 0 Å². The second-order valence-electron chi connectivity index (χ2n) is 3.59. The Morgan fingerprint density at radius 2 is 2.27 bits per heavy atom. The van der Waals surface area contributed by atoms with Gasteiger partial charge in [-0.25, -0.2) is 0 Å². The molecule has 1 rings (SSSR count). The van der Waals surface area contributed by atoms with Crippen LogP contribution >= 0.6 is 11.8 Å². The lowest BCUT2D eigenvalue weighted by Crippen LogP contribution is -2.39. The predicted octanol–water partition coefficient (Wildman–Crippen LogP) is 0.476. The number of imide groups is 1. The van der Waals surface area contributed by atoms with E-state index in [4.69, 9.17) is 0 Å². The molecule has 1 fully saturated rings. The van der Waals surface area contributed by atoms with Crippen LogP contribution in [0.15, 0.2) is 0 Å². The Morgan fingerprint density at radius 3 is 2.87 bits per heavy atom. The average Bonchev–Trinajstić information content (AvgIpc) is 2.47. The molecule has 0 aromatic heterocycles. The Kier molecular flexibility index (Phi) is 5.11. The van der Waals surface area contributed by atoms with Gasteiger partial charge in [-0.05, 0) is 12.7 Å². The SMILES string of the molecule is CCCN1C(=O)CC(NCCSC)C1=O. The Labute approximate surface area is 94.8 Å². The normalized spacial score (nSPS) is 21.5. The molecule has 1 aliphatic heterocycles. The van der Waals surface area contributed by atoms with Crippen LogP contribution in [0, 0.1) is 0 Å². The molecule has 0 saturated carbocycles. The number of amides is 2. The van der Waals surface area contributed by atoms with Gasteiger partial charge >= 0.3 is 0 Å². The highest BCUT2D eigenvalue weighted by Gasteiger charge is 2.37. The van der Waals surface area contributed by atoms with Crippen LogP contribution in [0.2, 0.25) is 0 Å². The Bertz CT molecular complexity index is 246. The van der Waals surface area contributed by atoms with Crippen LogP contribution < -0.4 is 5.32 Å². The molecule has 0 aromatic rings. The molecule has 5 heteroatoms. The van der Waals surface area contributed by atoms with Crippen molar-refractivity contribution in [2.24, 2.45) is 0 Å². The van der Waals surface area contributed by atoms with Crippen molar-refractivity contribution >= 4 is 23.6 Å². The van der Waals surface area contributed by atoms with Crippen molar-refractivity contribution in [1.29, 1.82) is 0 Å². The standard InChI is InChI=1S/C10H18N2O2S/c1-3-5-12-9(13)7-8(10(12)14)11-4-6-15-2/h8,11H,3-7H2,1-2H3. The highest BCUT2D eigenvalue weighted by molar-refractivity contribution is 7.98. The third-order valence-corrected chi connectivity index (χ3v) is 3.00. The fraction of sp³-hybridized carbons (Fsp3) is 0.800. The molecule has 0 radical (unpaired) electrons. The van der Waals surface area contributed by atoms with Crippen molar-refractivity contribution in [2.75, 3.05) is 25.1 Å². The van der Waals surface area contributed by atoms with Gasteiger partial charge in [0.15, 0.2) is 0 Å². The zero-order chi connectivity index (χ0) is 11.3. The van der Waals surface area contributed by atoms with Gasteiger partial charge in [0.05, 0.1) is 12.5 Å². The lowest BCUT2D eigenvalue weighted by molar-refractivity contribution is -0.138. The van der Waals surface area contributed by atoms with E-state index in [1.807, 2.05) is 13.2 Å². The number of nitrogens with zero attached hydrogens (tertiary/aromatic N) is 1. The molecule has 1 saturated heterocycles. The number of hydrogen-bond donors (Lipinski definition) is 1. The summed E-state index contributed by atoms with van der Waals surface area (Å²) < 4.78 is 0. The molecule has 4 nitrogen and oxygen atoms in total. The lowest BCUT2D eigenvalue weighted by Gasteiger charge is -2.13. The summed E-state index contributed by atoms with van der Waals surface area (Å²) in [5.74, 6) is 0.873. The first kappa shape index (κ1) is 12.5. The van der Waals surface area contributed by atoms with E-state index in [2.05, 4.69) is 5.32 Å². The second-order valence-corrected chi connectivity index (χ2v) is 4.57. The molecular formula is C10H18N2O2S. The lowest BCUT2D eigenvalue weighted by atomic mass is 10.2. The van der Waals surface area contributed by atoms with Crippen LogP contribution in [-0.2, 0) is 9.59 Å². The van der Waals surface area contributed by atoms with Gasteiger partial charge in [-0.3, -0.25) is 14.5 Å². The summed E-state index contributed by atoms with van der Waals surface area (Å²) in [6, 6.07) is -0.281. The maximum Gasteiger partial charge on any atom is 0.246 e. The van der Waals surface area contributed by atoms with Gasteiger partial charge in [0.1, 0.15) is 0 Å². The second kappa shape index (κ2) is 6.12. The zero-order valence-corrected chi connectivity index (χ0v) is 10.1. The van der Waals surface area contributed by atoms with Gasteiger partial charge in [-0.1, -0.05) is 6.92 Å². The maximum atomic E-state index is 11.7. The predicted molar refractivity (Wildman–Crippen MR) is 61.8 cm³/mol. The van der Waals surface area contributed by atoms with Gasteiger partial charge in [-0.15, -0.1) is 0 Å². The van der Waals surface area contributed by atoms with Crippen LogP contribution in [0.25, 0.3) is 0 Å². The molecule has 1 atom stereocenters. The molecule has 0 spiro atoms. The van der Waals surface area contributed by atoms with Gasteiger partial charge < -0.3 is 5.32 Å². The van der Waals surface area contributed by atoms with Crippen molar-refractivity contribution in [2.45, 2.75) is 25.8 Å². The largest absolute Gasteiger partial charge is 0.305 e. The Balaban J connectivity index is 2.42. The van der Waals surface area contributed by atoms with E-state index in [-0.39, 0.29) is 17.9 Å². The molecule has 1 N–H and O–H groups in total. The van der Waals surface area contributed by atoms with Crippen LogP contribution in [0.5, 0.6) is 0 Å². The van der Waals surface area contributed by atoms with E-state index in [9.17, 15) is 9.59 Å². The molecule has 0 aromatic carbocycles. The number of hydrogen-bond acceptors (Lipinski definition) is 4. The van der Waals surface area contributed by atoms with Crippen LogP contribution in [-0.4, -0.2) is 47.9 Å². The summed E-state index contributed by atoms with van der Waals surface area (Å²) in [6.07, 6.45) is 3.18. The van der Waals surface area contributed by atoms with Crippen molar-refractivity contribution in [1.82, 2.24) is 10.2 Å². The Morgan fingerprint density at radius 1 is 1.53 bits per heavy atom. The van der Waals surface area contributed by atoms with Crippen LogP contribution in [0.3, 0.4) is 0 Å². The summed E-state index contributed by atoms with van der Waals surface area (Å²) in [7, 11) is 0. The number of rotatable bonds is 6. The van der Waals surface area contributed by atoms with E-state index in [1.165, 1.54) is 4.90 Å². The minimum atomic E-state index is -0.281. The molecule has 1 heterocycles. The zero-order valence-electron chi connectivity index (χ0n) is 9.28. The Hall–Kier alpha value is -0.550. The highest BCUT2D eigenvalue weighted by Crippen LogP contribution is 2.13. The maximum absolute atomic E-state index is 11.7. The minimum absolute atomic E-state index is 0.0384. The van der Waals surface area contributed by atoms with Crippen LogP contribution in [0.1, 0.15) is 19.8 Å². The summed E-state index contributed by atoms with van der Waals surface area (Å²) in [4.78, 5) is 24.6. The van der Waals surface area contributed by atoms with E-state index < -0.39 is 0 Å². The molecule has 1 unspecified atom stereocenters. The van der Waals surface area contributed by atoms with E-state index in [0.717, 1.165) is 18.7 Å². The fourth-order valence-electron chi connectivity index (χ4n) is 1.64. The van der Waals surface area contributed by atoms with Gasteiger partial charge in [0, 0.05) is 18.8 Å². The van der Waals surface area contributed by atoms with Gasteiger partial charge in [0.2, 0.25) is 11.8 Å². The highest BCUT2D eigenvalue weighted by atomic mass is 32.2. The minimum Gasteiger partial charge on any atom is -0.305 e. The molecule has 1 aliphatic rings. The monoisotopic (exact) mass is 230 g/mol. The molecule has 15 heavy (non-hydrogen) atoms. The van der Waals surface area contributed by atoms with E-state index in [1.54, 1.807) is 11.8 Å². The fourth-order valence-corrected chi connectivity index (χ4v) is 1.96. The number of carbonyl (C=O) groups is 2. The first-order chi connectivity index (χ1) is 7.20. The average molecular weight is 230 g/mol. The first-order valence-corrected chi connectivity index (χ1v) is 6.66.